The summed E-state index contributed by atoms with van der Waals surface area (Å²) in [4.78, 5) is 0. The molecule has 2 unspecified atom stereocenters. The lowest BCUT2D eigenvalue weighted by Crippen LogP contribution is -2.45. The molecule has 0 radical (unpaired) electrons. The number of para-hydroxylation sites is 1. The number of nitrogens with one attached hydrogen (secondary N) is 1. The van der Waals surface area contributed by atoms with Gasteiger partial charge in [0.05, 0.1) is 12.4 Å². The van der Waals surface area contributed by atoms with Crippen LogP contribution in [0.25, 0.3) is 11.0 Å². The van der Waals surface area contributed by atoms with E-state index in [9.17, 15) is 5.11 Å². The van der Waals surface area contributed by atoms with E-state index in [1.165, 1.54) is 0 Å². The van der Waals surface area contributed by atoms with Gasteiger partial charge >= 0.3 is 0 Å². The van der Waals surface area contributed by atoms with E-state index in [0.717, 1.165) is 16.5 Å². The highest BCUT2D eigenvalue weighted by atomic mass is 16.5. The molecule has 0 spiro atoms. The van der Waals surface area contributed by atoms with Crippen LogP contribution in [0, 0.1) is 0 Å². The number of fused-ring (bicyclic) bond motifs is 1. The SMILES string of the molecule is CC1OCCC1(O)CNCc1coc2ccccc12. The van der Waals surface area contributed by atoms with Crippen LogP contribution in [-0.2, 0) is 11.3 Å². The van der Waals surface area contributed by atoms with Gasteiger partial charge in [-0.3, -0.25) is 0 Å². The minimum Gasteiger partial charge on any atom is -0.464 e. The van der Waals surface area contributed by atoms with E-state index in [1.807, 2.05) is 31.2 Å². The fourth-order valence-electron chi connectivity index (χ4n) is 2.59. The normalized spacial score (nSPS) is 27.2. The number of hydrogen-bond acceptors (Lipinski definition) is 4. The van der Waals surface area contributed by atoms with Crippen LogP contribution in [0.15, 0.2) is 34.9 Å². The summed E-state index contributed by atoms with van der Waals surface area (Å²) in [5.41, 5.74) is 1.26. The van der Waals surface area contributed by atoms with Gasteiger partial charge in [-0.2, -0.15) is 0 Å². The lowest BCUT2D eigenvalue weighted by molar-refractivity contribution is -0.0262. The topological polar surface area (TPSA) is 54.6 Å². The van der Waals surface area contributed by atoms with Crippen LogP contribution in [0.5, 0.6) is 0 Å². The summed E-state index contributed by atoms with van der Waals surface area (Å²) < 4.78 is 10.9. The first kappa shape index (κ1) is 12.7. The zero-order chi connectivity index (χ0) is 13.3. The highest BCUT2D eigenvalue weighted by Crippen LogP contribution is 2.25. The molecule has 3 rings (SSSR count). The number of hydrogen-bond donors (Lipinski definition) is 2. The van der Waals surface area contributed by atoms with Gasteiger partial charge in [0.1, 0.15) is 11.2 Å². The van der Waals surface area contributed by atoms with E-state index < -0.39 is 5.60 Å². The van der Waals surface area contributed by atoms with E-state index in [4.69, 9.17) is 9.15 Å². The van der Waals surface area contributed by atoms with Crippen molar-refractivity contribution in [2.75, 3.05) is 13.2 Å². The van der Waals surface area contributed by atoms with Crippen LogP contribution >= 0.6 is 0 Å². The molecule has 1 saturated heterocycles. The lowest BCUT2D eigenvalue weighted by atomic mass is 9.96. The molecule has 102 valence electrons. The first-order valence-corrected chi connectivity index (χ1v) is 6.69. The van der Waals surface area contributed by atoms with Crippen LogP contribution in [0.1, 0.15) is 18.9 Å². The summed E-state index contributed by atoms with van der Waals surface area (Å²) >= 11 is 0. The second-order valence-electron chi connectivity index (χ2n) is 5.23. The molecule has 1 aliphatic heterocycles. The minimum atomic E-state index is -0.750. The second kappa shape index (κ2) is 4.96. The van der Waals surface area contributed by atoms with Crippen LogP contribution in [0.3, 0.4) is 0 Å². The zero-order valence-corrected chi connectivity index (χ0v) is 11.1. The Morgan fingerprint density at radius 2 is 2.26 bits per heavy atom. The zero-order valence-electron chi connectivity index (χ0n) is 11.1. The highest BCUT2D eigenvalue weighted by molar-refractivity contribution is 5.80. The van der Waals surface area contributed by atoms with Crippen molar-refractivity contribution in [2.45, 2.75) is 31.6 Å². The summed E-state index contributed by atoms with van der Waals surface area (Å²) in [6.07, 6.45) is 2.35. The van der Waals surface area contributed by atoms with E-state index >= 15 is 0 Å². The predicted molar refractivity (Wildman–Crippen MR) is 72.9 cm³/mol. The lowest BCUT2D eigenvalue weighted by Gasteiger charge is -2.26. The van der Waals surface area contributed by atoms with Crippen molar-refractivity contribution in [2.24, 2.45) is 0 Å². The molecule has 2 atom stereocenters. The Bertz CT molecular complexity index is 565. The van der Waals surface area contributed by atoms with Gasteiger partial charge in [-0.05, 0) is 13.0 Å². The maximum Gasteiger partial charge on any atom is 0.134 e. The summed E-state index contributed by atoms with van der Waals surface area (Å²) in [5.74, 6) is 0. The molecule has 0 saturated carbocycles. The number of furan rings is 1. The average Bonchev–Trinajstić information content (AvgIpc) is 2.96. The van der Waals surface area contributed by atoms with Crippen molar-refractivity contribution in [1.82, 2.24) is 5.32 Å². The van der Waals surface area contributed by atoms with E-state index in [1.54, 1.807) is 6.26 Å². The van der Waals surface area contributed by atoms with Gasteiger partial charge < -0.3 is 19.6 Å². The van der Waals surface area contributed by atoms with E-state index in [2.05, 4.69) is 5.32 Å². The standard InChI is InChI=1S/C15H19NO3/c1-11-15(17,6-7-18-11)10-16-8-12-9-19-14-5-3-2-4-13(12)14/h2-5,9,11,16-17H,6-8,10H2,1H3. The Hall–Kier alpha value is -1.36. The summed E-state index contributed by atoms with van der Waals surface area (Å²) in [5, 5.41) is 14.8. The third-order valence-corrected chi connectivity index (χ3v) is 3.97. The molecule has 1 fully saturated rings. The Labute approximate surface area is 112 Å². The molecule has 2 heterocycles. The molecular formula is C15H19NO3. The molecule has 2 N–H and O–H groups in total. The molecule has 1 aromatic heterocycles. The van der Waals surface area contributed by atoms with Crippen LogP contribution in [0.4, 0.5) is 0 Å². The van der Waals surface area contributed by atoms with Crippen molar-refractivity contribution >= 4 is 11.0 Å². The maximum atomic E-state index is 10.4. The molecular weight excluding hydrogens is 242 g/mol. The van der Waals surface area contributed by atoms with Gasteiger partial charge in [0, 0.05) is 37.1 Å². The molecule has 19 heavy (non-hydrogen) atoms. The summed E-state index contributed by atoms with van der Waals surface area (Å²) in [6, 6.07) is 7.97. The van der Waals surface area contributed by atoms with Gasteiger partial charge in [-0.25, -0.2) is 0 Å². The van der Waals surface area contributed by atoms with Gasteiger partial charge in [-0.15, -0.1) is 0 Å². The third kappa shape index (κ3) is 2.39. The Balaban J connectivity index is 1.64. The second-order valence-corrected chi connectivity index (χ2v) is 5.23. The molecule has 1 aliphatic rings. The first-order chi connectivity index (χ1) is 9.19. The maximum absolute atomic E-state index is 10.4. The monoisotopic (exact) mass is 261 g/mol. The van der Waals surface area contributed by atoms with Crippen molar-refractivity contribution in [3.8, 4) is 0 Å². The van der Waals surface area contributed by atoms with Crippen LogP contribution in [0.2, 0.25) is 0 Å². The van der Waals surface area contributed by atoms with Crippen LogP contribution < -0.4 is 5.32 Å². The largest absolute Gasteiger partial charge is 0.464 e. The fourth-order valence-corrected chi connectivity index (χ4v) is 2.59. The molecule has 0 amide bonds. The summed E-state index contributed by atoms with van der Waals surface area (Å²) in [7, 11) is 0. The highest BCUT2D eigenvalue weighted by Gasteiger charge is 2.38. The van der Waals surface area contributed by atoms with Gasteiger partial charge in [0.15, 0.2) is 0 Å². The van der Waals surface area contributed by atoms with Crippen molar-refractivity contribution in [1.29, 1.82) is 0 Å². The molecule has 0 aliphatic carbocycles. The molecule has 4 heteroatoms. The summed E-state index contributed by atoms with van der Waals surface area (Å²) in [6.45, 7) is 3.77. The fraction of sp³-hybridized carbons (Fsp3) is 0.467. The number of benzene rings is 1. The van der Waals surface area contributed by atoms with E-state index in [-0.39, 0.29) is 6.10 Å². The number of aliphatic hydroxyl groups is 1. The smallest absolute Gasteiger partial charge is 0.134 e. The molecule has 2 aromatic rings. The average molecular weight is 261 g/mol. The van der Waals surface area contributed by atoms with Crippen molar-refractivity contribution in [3.05, 3.63) is 36.1 Å². The van der Waals surface area contributed by atoms with Crippen LogP contribution in [-0.4, -0.2) is 30.0 Å². The molecule has 0 bridgehead atoms. The number of ether oxygens (including phenoxy) is 1. The van der Waals surface area contributed by atoms with Gasteiger partial charge in [0.25, 0.3) is 0 Å². The Morgan fingerprint density at radius 1 is 1.42 bits per heavy atom. The van der Waals surface area contributed by atoms with Gasteiger partial charge in [-0.1, -0.05) is 18.2 Å². The quantitative estimate of drug-likeness (QED) is 0.884. The first-order valence-electron chi connectivity index (χ1n) is 6.69. The van der Waals surface area contributed by atoms with Crippen molar-refractivity contribution < 1.29 is 14.3 Å². The number of rotatable bonds is 4. The Morgan fingerprint density at radius 3 is 3.05 bits per heavy atom. The predicted octanol–water partition coefficient (Wildman–Crippen LogP) is 2.06. The van der Waals surface area contributed by atoms with Crippen molar-refractivity contribution in [3.63, 3.8) is 0 Å². The molecule has 4 nitrogen and oxygen atoms in total. The molecule has 1 aromatic carbocycles. The van der Waals surface area contributed by atoms with E-state index in [0.29, 0.717) is 26.1 Å². The third-order valence-electron chi connectivity index (χ3n) is 3.97. The minimum absolute atomic E-state index is 0.110. The van der Waals surface area contributed by atoms with Gasteiger partial charge in [0.2, 0.25) is 0 Å². The Kier molecular flexibility index (Phi) is 3.31.